The van der Waals surface area contributed by atoms with E-state index < -0.39 is 17.3 Å². The maximum atomic E-state index is 13.6. The fraction of sp³-hybridized carbons (Fsp3) is 0.385. The van der Waals surface area contributed by atoms with Gasteiger partial charge in [-0.3, -0.25) is 14.4 Å². The van der Waals surface area contributed by atoms with Crippen LogP contribution < -0.4 is 15.4 Å². The number of nitrogens with one attached hydrogen (secondary N) is 2. The molecule has 1 fully saturated rings. The van der Waals surface area contributed by atoms with Crippen molar-refractivity contribution in [2.75, 3.05) is 31.4 Å². The average Bonchev–Trinajstić information content (AvgIpc) is 2.87. The van der Waals surface area contributed by atoms with Crippen LogP contribution in [-0.4, -0.2) is 38.4 Å². The molecule has 8 heteroatoms. The van der Waals surface area contributed by atoms with Crippen molar-refractivity contribution in [3.05, 3.63) is 53.6 Å². The van der Waals surface area contributed by atoms with Gasteiger partial charge < -0.3 is 20.1 Å². The van der Waals surface area contributed by atoms with Crippen LogP contribution in [0.5, 0.6) is 5.75 Å². The number of rotatable bonds is 9. The zero-order chi connectivity index (χ0) is 24.6. The summed E-state index contributed by atoms with van der Waals surface area (Å²) in [6, 6.07) is 13.6. The first-order valence-electron chi connectivity index (χ1n) is 11.3. The number of benzene rings is 2. The van der Waals surface area contributed by atoms with E-state index in [0.717, 1.165) is 19.3 Å². The summed E-state index contributed by atoms with van der Waals surface area (Å²) in [5.41, 5.74) is 1.25. The number of methoxy groups -OCH3 is 1. The van der Waals surface area contributed by atoms with E-state index in [4.69, 9.17) is 14.7 Å². The summed E-state index contributed by atoms with van der Waals surface area (Å²) in [5, 5.41) is 14.7. The molecule has 8 nitrogen and oxygen atoms in total. The van der Waals surface area contributed by atoms with E-state index in [1.807, 2.05) is 6.07 Å². The Morgan fingerprint density at radius 3 is 2.35 bits per heavy atom. The molecule has 0 aliphatic heterocycles. The molecule has 0 saturated heterocycles. The first-order chi connectivity index (χ1) is 16.4. The molecule has 2 aromatic carbocycles. The Hall–Kier alpha value is -3.86. The average molecular weight is 464 g/mol. The van der Waals surface area contributed by atoms with Crippen LogP contribution in [0.4, 0.5) is 11.4 Å². The van der Waals surface area contributed by atoms with Crippen molar-refractivity contribution in [1.29, 1.82) is 5.26 Å². The van der Waals surface area contributed by atoms with Gasteiger partial charge in [-0.1, -0.05) is 19.3 Å². The van der Waals surface area contributed by atoms with E-state index in [2.05, 4.69) is 10.6 Å². The van der Waals surface area contributed by atoms with Crippen molar-refractivity contribution < 1.29 is 23.9 Å². The molecule has 0 aromatic heterocycles. The number of ether oxygens (including phenoxy) is 2. The van der Waals surface area contributed by atoms with E-state index in [-0.39, 0.29) is 18.8 Å². The molecule has 0 spiro atoms. The zero-order valence-corrected chi connectivity index (χ0v) is 19.5. The van der Waals surface area contributed by atoms with Gasteiger partial charge in [-0.15, -0.1) is 0 Å². The van der Waals surface area contributed by atoms with Gasteiger partial charge in [0.2, 0.25) is 0 Å². The van der Waals surface area contributed by atoms with E-state index in [1.165, 1.54) is 7.11 Å². The predicted molar refractivity (Wildman–Crippen MR) is 128 cm³/mol. The summed E-state index contributed by atoms with van der Waals surface area (Å²) in [6.07, 6.45) is 4.12. The molecule has 0 bridgehead atoms. The lowest BCUT2D eigenvalue weighted by Gasteiger charge is -2.35. The number of hydrogen-bond acceptors (Lipinski definition) is 7. The highest BCUT2D eigenvalue weighted by atomic mass is 16.5. The molecule has 3 rings (SSSR count). The van der Waals surface area contributed by atoms with Crippen LogP contribution in [-0.2, 0) is 14.3 Å². The summed E-state index contributed by atoms with van der Waals surface area (Å²) in [7, 11) is 3.05. The maximum absolute atomic E-state index is 13.6. The number of esters is 1. The largest absolute Gasteiger partial charge is 0.484 e. The number of amides is 1. The Labute approximate surface area is 199 Å². The van der Waals surface area contributed by atoms with Gasteiger partial charge in [0.05, 0.1) is 36.5 Å². The zero-order valence-electron chi connectivity index (χ0n) is 19.5. The van der Waals surface area contributed by atoms with Gasteiger partial charge in [0.1, 0.15) is 5.75 Å². The lowest BCUT2D eigenvalue weighted by Crippen LogP contribution is -2.36. The molecular formula is C26H29N3O5. The third-order valence-electron chi connectivity index (χ3n) is 6.18. The number of anilines is 2. The quantitative estimate of drug-likeness (QED) is 0.420. The number of carbonyl (C=O) groups excluding carboxylic acids is 3. The van der Waals surface area contributed by atoms with Crippen molar-refractivity contribution >= 4 is 29.0 Å². The minimum absolute atomic E-state index is 0.0518. The second-order valence-corrected chi connectivity index (χ2v) is 8.41. The monoisotopic (exact) mass is 463 g/mol. The molecule has 0 unspecified atom stereocenters. The van der Waals surface area contributed by atoms with Crippen LogP contribution in [0.2, 0.25) is 0 Å². The standard InChI is InChI=1S/C26H29N3O5/c1-28-21-11-8-19(25(32)26(15-24(31)33-2)12-4-3-5-13-26)14-22(21)29-23(30)17-34-20-9-6-18(16-27)7-10-20/h6-11,14,28H,3-5,12-13,15,17H2,1-2H3,(H,29,30). The molecule has 1 aliphatic rings. The highest BCUT2D eigenvalue weighted by molar-refractivity contribution is 6.05. The van der Waals surface area contributed by atoms with Crippen LogP contribution in [0.15, 0.2) is 42.5 Å². The Morgan fingerprint density at radius 2 is 1.74 bits per heavy atom. The molecular weight excluding hydrogens is 434 g/mol. The van der Waals surface area contributed by atoms with Gasteiger partial charge in [-0.05, 0) is 55.3 Å². The van der Waals surface area contributed by atoms with Gasteiger partial charge in [-0.25, -0.2) is 0 Å². The van der Waals surface area contributed by atoms with E-state index in [9.17, 15) is 14.4 Å². The number of hydrogen-bond donors (Lipinski definition) is 2. The number of Topliss-reactive ketones (excluding diaryl/α,β-unsaturated/α-hetero) is 1. The highest BCUT2D eigenvalue weighted by Gasteiger charge is 2.42. The topological polar surface area (TPSA) is 118 Å². The molecule has 178 valence electrons. The molecule has 0 heterocycles. The number of nitriles is 1. The molecule has 2 N–H and O–H groups in total. The third-order valence-corrected chi connectivity index (χ3v) is 6.18. The molecule has 0 atom stereocenters. The Kier molecular flexibility index (Phi) is 8.25. The second kappa shape index (κ2) is 11.3. The summed E-state index contributed by atoms with van der Waals surface area (Å²) < 4.78 is 10.4. The normalized spacial score (nSPS) is 14.4. The van der Waals surface area contributed by atoms with E-state index in [1.54, 1.807) is 49.5 Å². The van der Waals surface area contributed by atoms with Crippen molar-refractivity contribution in [1.82, 2.24) is 0 Å². The highest BCUT2D eigenvalue weighted by Crippen LogP contribution is 2.43. The number of carbonyl (C=O) groups is 3. The summed E-state index contributed by atoms with van der Waals surface area (Å²) >= 11 is 0. The Bertz CT molecular complexity index is 1080. The van der Waals surface area contributed by atoms with Crippen LogP contribution in [0.1, 0.15) is 54.4 Å². The molecule has 1 amide bonds. The van der Waals surface area contributed by atoms with Crippen molar-refractivity contribution in [2.45, 2.75) is 38.5 Å². The molecule has 2 aromatic rings. The lowest BCUT2D eigenvalue weighted by atomic mass is 9.67. The third kappa shape index (κ3) is 5.93. The van der Waals surface area contributed by atoms with Crippen LogP contribution in [0.3, 0.4) is 0 Å². The van der Waals surface area contributed by atoms with E-state index >= 15 is 0 Å². The fourth-order valence-corrected chi connectivity index (χ4v) is 4.34. The van der Waals surface area contributed by atoms with Crippen molar-refractivity contribution in [3.63, 3.8) is 0 Å². The number of nitrogens with zero attached hydrogens (tertiary/aromatic N) is 1. The van der Waals surface area contributed by atoms with Gasteiger partial charge in [0.15, 0.2) is 12.4 Å². The Balaban J connectivity index is 1.76. The van der Waals surface area contributed by atoms with Crippen molar-refractivity contribution in [2.24, 2.45) is 5.41 Å². The molecule has 1 saturated carbocycles. The summed E-state index contributed by atoms with van der Waals surface area (Å²) in [4.78, 5) is 38.2. The SMILES string of the molecule is CNc1ccc(C(=O)C2(CC(=O)OC)CCCCC2)cc1NC(=O)COc1ccc(C#N)cc1. The van der Waals surface area contributed by atoms with Gasteiger partial charge in [0, 0.05) is 18.0 Å². The van der Waals surface area contributed by atoms with Gasteiger partial charge in [0.25, 0.3) is 5.91 Å². The van der Waals surface area contributed by atoms with Gasteiger partial charge >= 0.3 is 5.97 Å². The Morgan fingerprint density at radius 1 is 1.03 bits per heavy atom. The fourth-order valence-electron chi connectivity index (χ4n) is 4.34. The first kappa shape index (κ1) is 24.8. The van der Waals surface area contributed by atoms with Crippen LogP contribution >= 0.6 is 0 Å². The van der Waals surface area contributed by atoms with Crippen LogP contribution in [0, 0.1) is 16.7 Å². The maximum Gasteiger partial charge on any atom is 0.306 e. The van der Waals surface area contributed by atoms with Crippen molar-refractivity contribution in [3.8, 4) is 11.8 Å². The van der Waals surface area contributed by atoms with Crippen LogP contribution in [0.25, 0.3) is 0 Å². The summed E-state index contributed by atoms with van der Waals surface area (Å²) in [5.74, 6) is -0.429. The minimum atomic E-state index is -0.785. The molecule has 1 aliphatic carbocycles. The lowest BCUT2D eigenvalue weighted by molar-refractivity contribution is -0.143. The molecule has 0 radical (unpaired) electrons. The minimum Gasteiger partial charge on any atom is -0.484 e. The predicted octanol–water partition coefficient (Wildman–Crippen LogP) is 4.31. The first-order valence-corrected chi connectivity index (χ1v) is 11.3. The number of ketones is 1. The van der Waals surface area contributed by atoms with E-state index in [0.29, 0.717) is 41.1 Å². The smallest absolute Gasteiger partial charge is 0.306 e. The molecule has 34 heavy (non-hydrogen) atoms. The summed E-state index contributed by atoms with van der Waals surface area (Å²) in [6.45, 7) is -0.237. The van der Waals surface area contributed by atoms with Gasteiger partial charge in [-0.2, -0.15) is 5.26 Å². The second-order valence-electron chi connectivity index (χ2n) is 8.41.